The first-order chi connectivity index (χ1) is 13.7. The van der Waals surface area contributed by atoms with Gasteiger partial charge in [0.1, 0.15) is 11.1 Å². The molecule has 0 radical (unpaired) electrons. The monoisotopic (exact) mass is 397 g/mol. The number of aryl methyl sites for hydroxylation is 1. The van der Waals surface area contributed by atoms with Crippen molar-refractivity contribution in [3.8, 4) is 0 Å². The Kier molecular flexibility index (Phi) is 4.56. The second-order valence-corrected chi connectivity index (χ2v) is 8.43. The van der Waals surface area contributed by atoms with Crippen LogP contribution >= 0.6 is 0 Å². The van der Waals surface area contributed by atoms with Crippen LogP contribution in [0.3, 0.4) is 0 Å². The number of nitrogens with zero attached hydrogens (tertiary/aromatic N) is 3. The van der Waals surface area contributed by atoms with Crippen molar-refractivity contribution in [3.05, 3.63) is 46.1 Å². The average molecular weight is 397 g/mol. The highest BCUT2D eigenvalue weighted by Crippen LogP contribution is 2.35. The van der Waals surface area contributed by atoms with Crippen LogP contribution in [0.15, 0.2) is 29.3 Å². The Balaban J connectivity index is 1.94. The number of hydrogen-bond donors (Lipinski definition) is 1. The van der Waals surface area contributed by atoms with Crippen molar-refractivity contribution in [2.24, 2.45) is 5.41 Å². The van der Waals surface area contributed by atoms with E-state index in [1.54, 1.807) is 16.7 Å². The summed E-state index contributed by atoms with van der Waals surface area (Å²) in [6.07, 6.45) is 4.72. The summed E-state index contributed by atoms with van der Waals surface area (Å²) in [6.45, 7) is 8.26. The summed E-state index contributed by atoms with van der Waals surface area (Å²) in [7, 11) is 0. The molecule has 1 saturated heterocycles. The van der Waals surface area contributed by atoms with Gasteiger partial charge in [-0.25, -0.2) is 9.18 Å². The number of rotatable bonds is 3. The van der Waals surface area contributed by atoms with Crippen LogP contribution in [0.25, 0.3) is 21.8 Å². The molecule has 0 amide bonds. The SMILES string of the molecule is CCn1cc(C(=O)O)c(=O)c2c3ccc(N4CCC(C)(C)CC4)c(F)c3ncc21. The maximum absolute atomic E-state index is 15.4. The molecule has 29 heavy (non-hydrogen) atoms. The Morgan fingerprint density at radius 2 is 1.97 bits per heavy atom. The minimum absolute atomic E-state index is 0.0992. The van der Waals surface area contributed by atoms with Gasteiger partial charge >= 0.3 is 5.97 Å². The molecule has 1 aromatic carbocycles. The van der Waals surface area contributed by atoms with Gasteiger partial charge in [0.2, 0.25) is 5.43 Å². The summed E-state index contributed by atoms with van der Waals surface area (Å²) in [4.78, 5) is 30.7. The largest absolute Gasteiger partial charge is 0.477 e. The number of fused-ring (bicyclic) bond motifs is 3. The van der Waals surface area contributed by atoms with Gasteiger partial charge in [0, 0.05) is 31.2 Å². The summed E-state index contributed by atoms with van der Waals surface area (Å²) >= 11 is 0. The third-order valence-corrected chi connectivity index (χ3v) is 6.03. The van der Waals surface area contributed by atoms with E-state index in [1.807, 2.05) is 11.8 Å². The standard InChI is InChI=1S/C22H24FN3O3/c1-4-25-12-14(21(28)29)20(27)17-13-5-6-15(18(23)19(13)24-11-16(17)25)26-9-7-22(2,3)8-10-26/h5-6,11-12H,4,7-10H2,1-3H3,(H,28,29). The Morgan fingerprint density at radius 1 is 1.28 bits per heavy atom. The second-order valence-electron chi connectivity index (χ2n) is 8.43. The molecule has 1 N–H and O–H groups in total. The number of hydrogen-bond acceptors (Lipinski definition) is 4. The van der Waals surface area contributed by atoms with Gasteiger partial charge in [0.25, 0.3) is 0 Å². The summed E-state index contributed by atoms with van der Waals surface area (Å²) in [6, 6.07) is 3.37. The molecule has 4 rings (SSSR count). The number of benzene rings is 1. The van der Waals surface area contributed by atoms with Gasteiger partial charge in [-0.05, 0) is 37.3 Å². The summed E-state index contributed by atoms with van der Waals surface area (Å²) < 4.78 is 17.1. The molecule has 0 atom stereocenters. The molecule has 0 saturated carbocycles. The predicted molar refractivity (Wildman–Crippen MR) is 111 cm³/mol. The fraction of sp³-hybridized carbons (Fsp3) is 0.409. The highest BCUT2D eigenvalue weighted by atomic mass is 19.1. The van der Waals surface area contributed by atoms with Crippen LogP contribution in [0.1, 0.15) is 44.0 Å². The average Bonchev–Trinajstić information content (AvgIpc) is 2.68. The van der Waals surface area contributed by atoms with Crippen molar-refractivity contribution >= 4 is 33.5 Å². The summed E-state index contributed by atoms with van der Waals surface area (Å²) in [5.74, 6) is -1.76. The van der Waals surface area contributed by atoms with E-state index < -0.39 is 17.2 Å². The zero-order chi connectivity index (χ0) is 20.9. The van der Waals surface area contributed by atoms with Crippen LogP contribution in [0.2, 0.25) is 0 Å². The van der Waals surface area contributed by atoms with Crippen LogP contribution in [0.5, 0.6) is 0 Å². The van der Waals surface area contributed by atoms with Crippen LogP contribution in [-0.4, -0.2) is 33.7 Å². The molecule has 1 fully saturated rings. The van der Waals surface area contributed by atoms with E-state index >= 15 is 4.39 Å². The highest BCUT2D eigenvalue weighted by molar-refractivity contribution is 6.07. The van der Waals surface area contributed by atoms with Gasteiger partial charge in [-0.1, -0.05) is 13.8 Å². The number of carbonyl (C=O) groups is 1. The fourth-order valence-corrected chi connectivity index (χ4v) is 4.10. The van der Waals surface area contributed by atoms with E-state index in [2.05, 4.69) is 18.8 Å². The Labute approximate surface area is 167 Å². The first-order valence-corrected chi connectivity index (χ1v) is 9.86. The van der Waals surface area contributed by atoms with Crippen molar-refractivity contribution in [2.45, 2.75) is 40.2 Å². The van der Waals surface area contributed by atoms with E-state index in [4.69, 9.17) is 0 Å². The van der Waals surface area contributed by atoms with Crippen molar-refractivity contribution in [1.82, 2.24) is 9.55 Å². The number of aromatic carboxylic acids is 1. The van der Waals surface area contributed by atoms with E-state index in [9.17, 15) is 14.7 Å². The van der Waals surface area contributed by atoms with Crippen molar-refractivity contribution in [1.29, 1.82) is 0 Å². The maximum atomic E-state index is 15.4. The van der Waals surface area contributed by atoms with Gasteiger partial charge in [0.05, 0.1) is 22.8 Å². The van der Waals surface area contributed by atoms with E-state index in [-0.39, 0.29) is 21.9 Å². The quantitative estimate of drug-likeness (QED) is 0.675. The Bertz CT molecular complexity index is 1190. The van der Waals surface area contributed by atoms with Gasteiger partial charge in [-0.2, -0.15) is 0 Å². The number of aromatic nitrogens is 2. The number of pyridine rings is 2. The van der Waals surface area contributed by atoms with Gasteiger partial charge in [0.15, 0.2) is 5.82 Å². The molecule has 2 aromatic heterocycles. The van der Waals surface area contributed by atoms with E-state index in [0.717, 1.165) is 25.9 Å². The molecule has 1 aliphatic heterocycles. The topological polar surface area (TPSA) is 75.4 Å². The molecular formula is C22H24FN3O3. The molecule has 7 heteroatoms. The number of halogens is 1. The molecule has 1 aliphatic rings. The molecule has 3 aromatic rings. The van der Waals surface area contributed by atoms with Gasteiger partial charge < -0.3 is 14.6 Å². The molecule has 0 spiro atoms. The summed E-state index contributed by atoms with van der Waals surface area (Å²) in [5, 5.41) is 9.96. The lowest BCUT2D eigenvalue weighted by atomic mass is 9.82. The zero-order valence-electron chi connectivity index (χ0n) is 16.8. The van der Waals surface area contributed by atoms with Crippen LogP contribution in [0, 0.1) is 11.2 Å². The number of carboxylic acids is 1. The minimum Gasteiger partial charge on any atom is -0.477 e. The first-order valence-electron chi connectivity index (χ1n) is 9.86. The molecule has 152 valence electrons. The second kappa shape index (κ2) is 6.83. The smallest absolute Gasteiger partial charge is 0.341 e. The van der Waals surface area contributed by atoms with Crippen LogP contribution in [0.4, 0.5) is 10.1 Å². The number of anilines is 1. The molecule has 0 bridgehead atoms. The third kappa shape index (κ3) is 3.14. The molecule has 3 heterocycles. The summed E-state index contributed by atoms with van der Waals surface area (Å²) in [5.41, 5.74) is 0.386. The Morgan fingerprint density at radius 3 is 2.59 bits per heavy atom. The fourth-order valence-electron chi connectivity index (χ4n) is 4.10. The predicted octanol–water partition coefficient (Wildman–Crippen LogP) is 4.03. The van der Waals surface area contributed by atoms with Crippen molar-refractivity contribution < 1.29 is 14.3 Å². The molecule has 6 nitrogen and oxygen atoms in total. The number of carboxylic acid groups (broad SMARTS) is 1. The van der Waals surface area contributed by atoms with Gasteiger partial charge in [-0.3, -0.25) is 9.78 Å². The first kappa shape index (κ1) is 19.4. The highest BCUT2D eigenvalue weighted by Gasteiger charge is 2.27. The normalized spacial score (nSPS) is 16.5. The minimum atomic E-state index is -1.29. The molecule has 0 aliphatic carbocycles. The van der Waals surface area contributed by atoms with E-state index in [1.165, 1.54) is 12.4 Å². The molecular weight excluding hydrogens is 373 g/mol. The lowest BCUT2D eigenvalue weighted by molar-refractivity contribution is 0.0695. The zero-order valence-corrected chi connectivity index (χ0v) is 16.8. The van der Waals surface area contributed by atoms with Crippen LogP contribution in [-0.2, 0) is 6.54 Å². The van der Waals surface area contributed by atoms with Crippen LogP contribution < -0.4 is 10.3 Å². The lowest BCUT2D eigenvalue weighted by Gasteiger charge is -2.38. The van der Waals surface area contributed by atoms with Crippen molar-refractivity contribution in [2.75, 3.05) is 18.0 Å². The number of piperidine rings is 1. The van der Waals surface area contributed by atoms with Crippen molar-refractivity contribution in [3.63, 3.8) is 0 Å². The maximum Gasteiger partial charge on any atom is 0.341 e. The lowest BCUT2D eigenvalue weighted by Crippen LogP contribution is -2.37. The molecule has 0 unspecified atom stereocenters. The van der Waals surface area contributed by atoms with Gasteiger partial charge in [-0.15, -0.1) is 0 Å². The van der Waals surface area contributed by atoms with E-state index in [0.29, 0.717) is 23.1 Å². The third-order valence-electron chi connectivity index (χ3n) is 6.03. The Hall–Kier alpha value is -2.96.